The van der Waals surface area contributed by atoms with Crippen molar-refractivity contribution in [3.05, 3.63) is 35.9 Å². The highest BCUT2D eigenvalue weighted by Crippen LogP contribution is 2.27. The lowest BCUT2D eigenvalue weighted by Crippen LogP contribution is -2.46. The zero-order valence-electron chi connectivity index (χ0n) is 12.6. The van der Waals surface area contributed by atoms with Gasteiger partial charge in [0.1, 0.15) is 0 Å². The predicted octanol–water partition coefficient (Wildman–Crippen LogP) is 0.912. The van der Waals surface area contributed by atoms with Crippen LogP contribution in [0.3, 0.4) is 0 Å². The van der Waals surface area contributed by atoms with Gasteiger partial charge in [-0.2, -0.15) is 0 Å². The lowest BCUT2D eigenvalue weighted by atomic mass is 9.82. The van der Waals surface area contributed by atoms with Gasteiger partial charge in [-0.25, -0.2) is 0 Å². The Morgan fingerprint density at radius 1 is 1.32 bits per heavy atom. The highest BCUT2D eigenvalue weighted by Gasteiger charge is 2.34. The standard InChI is InChI=1S/C16H24N4O.ClH/c17-9-14(11-4-2-1-3-5-11)16(21)19-13-6-7-15-12(8-13)10-18-20-15;/h1-5,12-15,18,20H,6-10,17H2,(H,19,21);1H. The molecule has 0 radical (unpaired) electrons. The van der Waals surface area contributed by atoms with Crippen molar-refractivity contribution in [3.8, 4) is 0 Å². The molecule has 22 heavy (non-hydrogen) atoms. The van der Waals surface area contributed by atoms with Crippen LogP contribution in [0, 0.1) is 5.92 Å². The molecule has 5 nitrogen and oxygen atoms in total. The van der Waals surface area contributed by atoms with E-state index >= 15 is 0 Å². The minimum absolute atomic E-state index is 0. The van der Waals surface area contributed by atoms with E-state index < -0.39 is 0 Å². The Morgan fingerprint density at radius 3 is 2.82 bits per heavy atom. The zero-order chi connectivity index (χ0) is 14.7. The minimum Gasteiger partial charge on any atom is -0.353 e. The summed E-state index contributed by atoms with van der Waals surface area (Å²) in [4.78, 5) is 12.5. The summed E-state index contributed by atoms with van der Waals surface area (Å²) in [5.74, 6) is 0.437. The fraction of sp³-hybridized carbons (Fsp3) is 0.562. The number of nitrogens with two attached hydrogens (primary N) is 1. The number of hydrogen-bond donors (Lipinski definition) is 4. The van der Waals surface area contributed by atoms with Gasteiger partial charge in [0.2, 0.25) is 5.91 Å². The van der Waals surface area contributed by atoms with E-state index in [1.54, 1.807) is 0 Å². The fourth-order valence-corrected chi connectivity index (χ4v) is 3.51. The number of hydrogen-bond acceptors (Lipinski definition) is 4. The molecule has 2 aliphatic rings. The second-order valence-electron chi connectivity index (χ2n) is 6.11. The zero-order valence-corrected chi connectivity index (χ0v) is 13.4. The maximum atomic E-state index is 12.5. The first kappa shape index (κ1) is 17.2. The lowest BCUT2D eigenvalue weighted by Gasteiger charge is -2.32. The topological polar surface area (TPSA) is 79.2 Å². The summed E-state index contributed by atoms with van der Waals surface area (Å²) in [5.41, 5.74) is 13.3. The van der Waals surface area contributed by atoms with E-state index in [9.17, 15) is 4.79 Å². The molecule has 1 heterocycles. The van der Waals surface area contributed by atoms with Crippen LogP contribution in [0.1, 0.15) is 30.7 Å². The van der Waals surface area contributed by atoms with E-state index in [1.807, 2.05) is 30.3 Å². The maximum Gasteiger partial charge on any atom is 0.229 e. The fourth-order valence-electron chi connectivity index (χ4n) is 3.51. The summed E-state index contributed by atoms with van der Waals surface area (Å²) in [6, 6.07) is 10.6. The Morgan fingerprint density at radius 2 is 2.09 bits per heavy atom. The van der Waals surface area contributed by atoms with Crippen LogP contribution in [0.25, 0.3) is 0 Å². The molecule has 1 saturated carbocycles. The first-order valence-electron chi connectivity index (χ1n) is 7.81. The van der Waals surface area contributed by atoms with Crippen LogP contribution < -0.4 is 21.9 Å². The van der Waals surface area contributed by atoms with Crippen LogP contribution >= 0.6 is 12.4 Å². The third-order valence-corrected chi connectivity index (χ3v) is 4.73. The Kier molecular flexibility index (Phi) is 6.20. The van der Waals surface area contributed by atoms with Crippen LogP contribution in [0.5, 0.6) is 0 Å². The van der Waals surface area contributed by atoms with Gasteiger partial charge in [0.25, 0.3) is 0 Å². The summed E-state index contributed by atoms with van der Waals surface area (Å²) in [5, 5.41) is 3.21. The largest absolute Gasteiger partial charge is 0.353 e. The number of benzene rings is 1. The molecule has 2 fully saturated rings. The number of carbonyl (C=O) groups is 1. The summed E-state index contributed by atoms with van der Waals surface area (Å²) in [6.45, 7) is 1.34. The summed E-state index contributed by atoms with van der Waals surface area (Å²) in [6.07, 6.45) is 3.19. The van der Waals surface area contributed by atoms with E-state index in [0.717, 1.165) is 31.4 Å². The maximum absolute atomic E-state index is 12.5. The quantitative estimate of drug-likeness (QED) is 0.664. The van der Waals surface area contributed by atoms with Gasteiger partial charge >= 0.3 is 0 Å². The molecule has 1 aliphatic carbocycles. The van der Waals surface area contributed by atoms with Crippen molar-refractivity contribution in [1.82, 2.24) is 16.2 Å². The van der Waals surface area contributed by atoms with Gasteiger partial charge in [-0.05, 0) is 30.7 Å². The molecule has 1 aromatic rings. The van der Waals surface area contributed by atoms with Crippen LogP contribution in [0.4, 0.5) is 0 Å². The molecular formula is C16H25ClN4O. The highest BCUT2D eigenvalue weighted by atomic mass is 35.5. The van der Waals surface area contributed by atoms with Crippen LogP contribution in [-0.2, 0) is 4.79 Å². The second kappa shape index (κ2) is 7.92. The van der Waals surface area contributed by atoms with Crippen molar-refractivity contribution < 1.29 is 4.79 Å². The Bertz CT molecular complexity index is 484. The Balaban J connectivity index is 0.00000176. The van der Waals surface area contributed by atoms with Gasteiger partial charge in [-0.3, -0.25) is 15.6 Å². The van der Waals surface area contributed by atoms with Crippen LogP contribution in [0.15, 0.2) is 30.3 Å². The number of rotatable bonds is 4. The molecule has 0 bridgehead atoms. The average molecular weight is 325 g/mol. The number of hydrazine groups is 1. The number of nitrogens with one attached hydrogen (secondary N) is 3. The molecule has 5 N–H and O–H groups in total. The van der Waals surface area contributed by atoms with Crippen molar-refractivity contribution in [3.63, 3.8) is 0 Å². The van der Waals surface area contributed by atoms with Gasteiger partial charge in [-0.1, -0.05) is 30.3 Å². The summed E-state index contributed by atoms with van der Waals surface area (Å²) >= 11 is 0. The summed E-state index contributed by atoms with van der Waals surface area (Å²) in [7, 11) is 0. The molecule has 122 valence electrons. The highest BCUT2D eigenvalue weighted by molar-refractivity contribution is 5.85. The molecule has 3 rings (SSSR count). The number of fused-ring (bicyclic) bond motifs is 1. The van der Waals surface area contributed by atoms with Gasteiger partial charge in [0.15, 0.2) is 0 Å². The van der Waals surface area contributed by atoms with Crippen molar-refractivity contribution >= 4 is 18.3 Å². The molecule has 1 aliphatic heterocycles. The third kappa shape index (κ3) is 3.79. The molecule has 0 spiro atoms. The lowest BCUT2D eigenvalue weighted by molar-refractivity contribution is -0.123. The van der Waals surface area contributed by atoms with E-state index in [2.05, 4.69) is 16.2 Å². The molecule has 1 saturated heterocycles. The molecule has 6 heteroatoms. The molecule has 4 unspecified atom stereocenters. The number of carbonyl (C=O) groups excluding carboxylic acids is 1. The second-order valence-corrected chi connectivity index (χ2v) is 6.11. The molecule has 1 amide bonds. The van der Waals surface area contributed by atoms with Gasteiger partial charge in [-0.15, -0.1) is 12.4 Å². The third-order valence-electron chi connectivity index (χ3n) is 4.73. The monoisotopic (exact) mass is 324 g/mol. The van der Waals surface area contributed by atoms with Crippen LogP contribution in [-0.4, -0.2) is 31.1 Å². The molecular weight excluding hydrogens is 300 g/mol. The molecule has 4 atom stereocenters. The van der Waals surface area contributed by atoms with Crippen molar-refractivity contribution in [2.24, 2.45) is 11.7 Å². The first-order valence-corrected chi connectivity index (χ1v) is 7.81. The van der Waals surface area contributed by atoms with Crippen molar-refractivity contribution in [2.45, 2.75) is 37.3 Å². The van der Waals surface area contributed by atoms with Crippen LogP contribution in [0.2, 0.25) is 0 Å². The van der Waals surface area contributed by atoms with Gasteiger partial charge in [0, 0.05) is 25.2 Å². The van der Waals surface area contributed by atoms with Crippen molar-refractivity contribution in [1.29, 1.82) is 0 Å². The summed E-state index contributed by atoms with van der Waals surface area (Å²) < 4.78 is 0. The SMILES string of the molecule is Cl.NCC(C(=O)NC1CCC2NNCC2C1)c1ccccc1. The van der Waals surface area contributed by atoms with E-state index in [4.69, 9.17) is 5.73 Å². The van der Waals surface area contributed by atoms with E-state index in [1.165, 1.54) is 0 Å². The average Bonchev–Trinajstić information content (AvgIpc) is 2.96. The minimum atomic E-state index is -0.247. The Labute approximate surface area is 137 Å². The first-order chi connectivity index (χ1) is 10.3. The van der Waals surface area contributed by atoms with E-state index in [0.29, 0.717) is 18.5 Å². The van der Waals surface area contributed by atoms with Gasteiger partial charge < -0.3 is 11.1 Å². The van der Waals surface area contributed by atoms with Crippen molar-refractivity contribution in [2.75, 3.05) is 13.1 Å². The molecule has 0 aromatic heterocycles. The molecule has 1 aromatic carbocycles. The number of amides is 1. The predicted molar refractivity (Wildman–Crippen MR) is 89.7 cm³/mol. The Hall–Kier alpha value is -1.14. The number of halogens is 1. The van der Waals surface area contributed by atoms with Gasteiger partial charge in [0.05, 0.1) is 5.92 Å². The van der Waals surface area contributed by atoms with E-state index in [-0.39, 0.29) is 30.3 Å². The smallest absolute Gasteiger partial charge is 0.229 e. The normalized spacial score (nSPS) is 28.3.